The number of aryl methyl sites for hydroxylation is 1. The molecule has 1 aromatic carbocycles. The van der Waals surface area contributed by atoms with Gasteiger partial charge in [0.05, 0.1) is 11.4 Å². The van der Waals surface area contributed by atoms with Gasteiger partial charge in [-0.05, 0) is 30.5 Å². The summed E-state index contributed by atoms with van der Waals surface area (Å²) >= 11 is 0. The molecule has 3 nitrogen and oxygen atoms in total. The van der Waals surface area contributed by atoms with E-state index in [1.54, 1.807) is 0 Å². The van der Waals surface area contributed by atoms with Crippen molar-refractivity contribution in [2.45, 2.75) is 12.8 Å². The van der Waals surface area contributed by atoms with Gasteiger partial charge < -0.3 is 16.0 Å². The van der Waals surface area contributed by atoms with Crippen molar-refractivity contribution in [3.63, 3.8) is 0 Å². The molecule has 0 aliphatic carbocycles. The second-order valence-electron chi connectivity index (χ2n) is 3.64. The number of anilines is 3. The molecule has 1 rings (SSSR count). The lowest BCUT2D eigenvalue weighted by atomic mass is 10.0. The summed E-state index contributed by atoms with van der Waals surface area (Å²) in [5.74, 6) is 0. The summed E-state index contributed by atoms with van der Waals surface area (Å²) < 4.78 is 0. The fraction of sp³-hybridized carbons (Fsp3) is 0.385. The van der Waals surface area contributed by atoms with Crippen LogP contribution in [0.25, 0.3) is 0 Å². The van der Waals surface area contributed by atoms with Gasteiger partial charge in [0.25, 0.3) is 0 Å². The van der Waals surface area contributed by atoms with Crippen LogP contribution in [0.15, 0.2) is 24.8 Å². The second-order valence-corrected chi connectivity index (χ2v) is 3.64. The Bertz CT molecular complexity index is 358. The molecule has 0 aromatic heterocycles. The first-order valence-electron chi connectivity index (χ1n) is 5.57. The van der Waals surface area contributed by atoms with Crippen LogP contribution in [0.3, 0.4) is 0 Å². The molecule has 3 N–H and O–H groups in total. The molecule has 0 aliphatic rings. The zero-order valence-electron chi connectivity index (χ0n) is 10.4. The van der Waals surface area contributed by atoms with Crippen LogP contribution >= 0.6 is 0 Å². The van der Waals surface area contributed by atoms with Crippen molar-refractivity contribution >= 4 is 17.1 Å². The maximum atomic E-state index is 3.76. The molecule has 0 heterocycles. The highest BCUT2D eigenvalue weighted by molar-refractivity contribution is 5.77. The van der Waals surface area contributed by atoms with Crippen LogP contribution in [0, 0.1) is 0 Å². The van der Waals surface area contributed by atoms with E-state index in [1.807, 2.05) is 27.2 Å². The zero-order chi connectivity index (χ0) is 12.0. The summed E-state index contributed by atoms with van der Waals surface area (Å²) in [6.45, 7) is 3.76. The summed E-state index contributed by atoms with van der Waals surface area (Å²) in [4.78, 5) is 0. The van der Waals surface area contributed by atoms with Gasteiger partial charge in [-0.25, -0.2) is 0 Å². The molecular weight excluding hydrogens is 198 g/mol. The normalized spacial score (nSPS) is 9.69. The summed E-state index contributed by atoms with van der Waals surface area (Å²) in [6, 6.07) is 4.28. The molecule has 88 valence electrons. The van der Waals surface area contributed by atoms with Crippen LogP contribution in [-0.2, 0) is 6.42 Å². The van der Waals surface area contributed by atoms with Crippen LogP contribution in [0.5, 0.6) is 0 Å². The molecule has 0 spiro atoms. The molecule has 3 heteroatoms. The second kappa shape index (κ2) is 6.05. The van der Waals surface area contributed by atoms with Crippen LogP contribution in [0.1, 0.15) is 12.0 Å². The molecule has 0 aliphatic heterocycles. The van der Waals surface area contributed by atoms with Crippen LogP contribution in [-0.4, -0.2) is 21.1 Å². The fourth-order valence-corrected chi connectivity index (χ4v) is 1.79. The van der Waals surface area contributed by atoms with Crippen molar-refractivity contribution in [1.82, 2.24) is 0 Å². The summed E-state index contributed by atoms with van der Waals surface area (Å²) in [7, 11) is 5.82. The Labute approximate surface area is 97.9 Å². The molecule has 16 heavy (non-hydrogen) atoms. The van der Waals surface area contributed by atoms with Crippen molar-refractivity contribution in [2.75, 3.05) is 37.1 Å². The SMILES string of the molecule is C=CCCc1cc(NC)cc(NC)c1NC. The highest BCUT2D eigenvalue weighted by Crippen LogP contribution is 2.30. The molecule has 0 amide bonds. The maximum absolute atomic E-state index is 3.76. The summed E-state index contributed by atoms with van der Waals surface area (Å²) in [5.41, 5.74) is 4.72. The van der Waals surface area contributed by atoms with E-state index in [4.69, 9.17) is 0 Å². The van der Waals surface area contributed by atoms with Gasteiger partial charge in [-0.15, -0.1) is 6.58 Å². The molecule has 0 bridgehead atoms. The van der Waals surface area contributed by atoms with Crippen LogP contribution in [0.2, 0.25) is 0 Å². The number of nitrogens with one attached hydrogen (secondary N) is 3. The lowest BCUT2D eigenvalue weighted by Gasteiger charge is -2.16. The smallest absolute Gasteiger partial charge is 0.0607 e. The molecule has 0 fully saturated rings. The molecule has 0 radical (unpaired) electrons. The lowest BCUT2D eigenvalue weighted by molar-refractivity contribution is 1.00. The van der Waals surface area contributed by atoms with Crippen molar-refractivity contribution in [3.8, 4) is 0 Å². The number of hydrogen-bond donors (Lipinski definition) is 3. The van der Waals surface area contributed by atoms with Gasteiger partial charge in [-0.2, -0.15) is 0 Å². The predicted molar refractivity (Wildman–Crippen MR) is 73.6 cm³/mol. The Kier molecular flexibility index (Phi) is 4.70. The lowest BCUT2D eigenvalue weighted by Crippen LogP contribution is -2.03. The Balaban J connectivity index is 3.14. The van der Waals surface area contributed by atoms with Gasteiger partial charge in [0.2, 0.25) is 0 Å². The highest BCUT2D eigenvalue weighted by atomic mass is 14.9. The first-order valence-corrected chi connectivity index (χ1v) is 5.57. The molecular formula is C13H21N3. The van der Waals surface area contributed by atoms with E-state index in [1.165, 1.54) is 11.3 Å². The average Bonchev–Trinajstić information content (AvgIpc) is 2.34. The van der Waals surface area contributed by atoms with Crippen molar-refractivity contribution in [3.05, 3.63) is 30.4 Å². The minimum absolute atomic E-state index is 0.991. The predicted octanol–water partition coefficient (Wildman–Crippen LogP) is 2.93. The Morgan fingerprint density at radius 3 is 2.38 bits per heavy atom. The summed E-state index contributed by atoms with van der Waals surface area (Å²) in [6.07, 6.45) is 3.94. The standard InChI is InChI=1S/C13H21N3/c1-5-6-7-10-8-11(14-2)9-12(15-3)13(10)16-4/h5,8-9,14-16H,1,6-7H2,2-4H3. The average molecular weight is 219 g/mol. The van der Waals surface area contributed by atoms with E-state index in [0.29, 0.717) is 0 Å². The van der Waals surface area contributed by atoms with Gasteiger partial charge in [-0.1, -0.05) is 6.08 Å². The van der Waals surface area contributed by atoms with E-state index in [0.717, 1.165) is 24.2 Å². The number of benzene rings is 1. The van der Waals surface area contributed by atoms with Crippen molar-refractivity contribution < 1.29 is 0 Å². The molecule has 0 unspecified atom stereocenters. The molecule has 0 saturated heterocycles. The van der Waals surface area contributed by atoms with Gasteiger partial charge in [0.1, 0.15) is 0 Å². The Hall–Kier alpha value is -1.64. The number of allylic oxidation sites excluding steroid dienone is 1. The molecule has 0 saturated carbocycles. The molecule has 1 aromatic rings. The van der Waals surface area contributed by atoms with E-state index < -0.39 is 0 Å². The number of hydrogen-bond acceptors (Lipinski definition) is 3. The quantitative estimate of drug-likeness (QED) is 0.644. The van der Waals surface area contributed by atoms with Gasteiger partial charge in [-0.3, -0.25) is 0 Å². The third kappa shape index (κ3) is 2.69. The third-order valence-corrected chi connectivity index (χ3v) is 2.65. The Morgan fingerprint density at radius 1 is 1.12 bits per heavy atom. The first kappa shape index (κ1) is 12.4. The topological polar surface area (TPSA) is 36.1 Å². The van der Waals surface area contributed by atoms with Crippen molar-refractivity contribution in [1.29, 1.82) is 0 Å². The zero-order valence-corrected chi connectivity index (χ0v) is 10.4. The van der Waals surface area contributed by atoms with Crippen LogP contribution in [0.4, 0.5) is 17.1 Å². The third-order valence-electron chi connectivity index (χ3n) is 2.65. The van der Waals surface area contributed by atoms with Crippen LogP contribution < -0.4 is 16.0 Å². The maximum Gasteiger partial charge on any atom is 0.0607 e. The van der Waals surface area contributed by atoms with E-state index in [-0.39, 0.29) is 0 Å². The monoisotopic (exact) mass is 219 g/mol. The minimum atomic E-state index is 0.991. The van der Waals surface area contributed by atoms with Gasteiger partial charge >= 0.3 is 0 Å². The fourth-order valence-electron chi connectivity index (χ4n) is 1.79. The summed E-state index contributed by atoms with van der Waals surface area (Å²) in [5, 5.41) is 9.64. The Morgan fingerprint density at radius 2 is 1.88 bits per heavy atom. The first-order chi connectivity index (χ1) is 7.76. The largest absolute Gasteiger partial charge is 0.388 e. The van der Waals surface area contributed by atoms with Crippen molar-refractivity contribution in [2.24, 2.45) is 0 Å². The van der Waals surface area contributed by atoms with E-state index >= 15 is 0 Å². The van der Waals surface area contributed by atoms with Gasteiger partial charge in [0.15, 0.2) is 0 Å². The highest BCUT2D eigenvalue weighted by Gasteiger charge is 2.07. The van der Waals surface area contributed by atoms with E-state index in [9.17, 15) is 0 Å². The number of rotatable bonds is 6. The van der Waals surface area contributed by atoms with E-state index in [2.05, 4.69) is 34.7 Å². The minimum Gasteiger partial charge on any atom is -0.388 e. The van der Waals surface area contributed by atoms with Gasteiger partial charge in [0, 0.05) is 26.8 Å². The molecule has 0 atom stereocenters.